The van der Waals surface area contributed by atoms with Gasteiger partial charge >= 0.3 is 6.03 Å². The lowest BCUT2D eigenvalue weighted by molar-refractivity contribution is -0.119. The van der Waals surface area contributed by atoms with E-state index in [9.17, 15) is 9.59 Å². The van der Waals surface area contributed by atoms with E-state index in [-0.39, 0.29) is 35.3 Å². The third kappa shape index (κ3) is 10.3. The number of nitrogens with one attached hydrogen (secondary N) is 2. The summed E-state index contributed by atoms with van der Waals surface area (Å²) in [7, 11) is 0. The first kappa shape index (κ1) is 30.4. The highest BCUT2D eigenvalue weighted by molar-refractivity contribution is 7.99. The Labute approximate surface area is 226 Å². The molecule has 0 aromatic carbocycles. The van der Waals surface area contributed by atoms with Gasteiger partial charge in [-0.05, 0) is 67.1 Å². The molecular weight excluding hydrogens is 498 g/mol. The molecule has 0 aliphatic carbocycles. The van der Waals surface area contributed by atoms with Gasteiger partial charge in [0.15, 0.2) is 5.16 Å². The maximum atomic E-state index is 12.6. The maximum Gasteiger partial charge on any atom is 0.318 e. The molecule has 1 fully saturated rings. The second kappa shape index (κ2) is 14.2. The summed E-state index contributed by atoms with van der Waals surface area (Å²) < 4.78 is 0. The van der Waals surface area contributed by atoms with Crippen LogP contribution in [0, 0.1) is 0 Å². The summed E-state index contributed by atoms with van der Waals surface area (Å²) in [6, 6.07) is 1.82. The molecule has 1 aliphatic heterocycles. The van der Waals surface area contributed by atoms with Crippen molar-refractivity contribution in [3.63, 3.8) is 0 Å². The van der Waals surface area contributed by atoms with Crippen LogP contribution in [0.25, 0.3) is 0 Å². The molecule has 2 N–H and O–H groups in total. The van der Waals surface area contributed by atoms with Gasteiger partial charge in [0.2, 0.25) is 5.91 Å². The molecule has 2 unspecified atom stereocenters. The van der Waals surface area contributed by atoms with E-state index in [4.69, 9.17) is 11.6 Å². The average molecular weight is 542 g/mol. The molecule has 11 heteroatoms. The summed E-state index contributed by atoms with van der Waals surface area (Å²) >= 11 is 7.58. The minimum atomic E-state index is -0.282. The van der Waals surface area contributed by atoms with Gasteiger partial charge < -0.3 is 25.3 Å². The minimum absolute atomic E-state index is 0.0138. The number of halogens is 1. The van der Waals surface area contributed by atoms with Crippen LogP contribution in [0.1, 0.15) is 61.3 Å². The SMILES string of the molecule is CCN(CC)CCCC(C)NC(=O)CSc1nc(Cl)cc(N2CCN(C(=O)NC(C)(C)C)C(C)C2)n1. The van der Waals surface area contributed by atoms with Gasteiger partial charge in [-0.3, -0.25) is 4.79 Å². The molecule has 9 nitrogen and oxygen atoms in total. The maximum absolute atomic E-state index is 12.6. The summed E-state index contributed by atoms with van der Waals surface area (Å²) in [6.45, 7) is 19.4. The van der Waals surface area contributed by atoms with Gasteiger partial charge in [0.05, 0.1) is 5.75 Å². The number of thioether (sulfide) groups is 1. The molecule has 2 rings (SSSR count). The smallest absolute Gasteiger partial charge is 0.318 e. The van der Waals surface area contributed by atoms with Crippen molar-refractivity contribution in [1.29, 1.82) is 0 Å². The number of aromatic nitrogens is 2. The van der Waals surface area contributed by atoms with Crippen LogP contribution in [0.15, 0.2) is 11.2 Å². The molecular formula is C25H44ClN7O2S. The molecule has 2 atom stereocenters. The number of piperazine rings is 1. The van der Waals surface area contributed by atoms with Crippen molar-refractivity contribution in [3.8, 4) is 0 Å². The van der Waals surface area contributed by atoms with Crippen molar-refractivity contribution in [3.05, 3.63) is 11.2 Å². The summed E-state index contributed by atoms with van der Waals surface area (Å²) in [6.07, 6.45) is 2.00. The van der Waals surface area contributed by atoms with Crippen LogP contribution in [0.5, 0.6) is 0 Å². The highest BCUT2D eigenvalue weighted by Crippen LogP contribution is 2.24. The van der Waals surface area contributed by atoms with Gasteiger partial charge in [0.25, 0.3) is 0 Å². The Morgan fingerprint density at radius 2 is 1.94 bits per heavy atom. The summed E-state index contributed by atoms with van der Waals surface area (Å²) in [5, 5.41) is 6.92. The summed E-state index contributed by atoms with van der Waals surface area (Å²) in [5.41, 5.74) is -0.282. The number of urea groups is 1. The second-order valence-corrected chi connectivity index (χ2v) is 11.8. The third-order valence-corrected chi connectivity index (χ3v) is 7.14. The number of hydrogen-bond acceptors (Lipinski definition) is 7. The average Bonchev–Trinajstić information content (AvgIpc) is 2.79. The van der Waals surface area contributed by atoms with E-state index in [1.807, 2.05) is 39.5 Å². The molecule has 1 aromatic rings. The number of hydrogen-bond donors (Lipinski definition) is 2. The Kier molecular flexibility index (Phi) is 12.0. The quantitative estimate of drug-likeness (QED) is 0.249. The monoisotopic (exact) mass is 541 g/mol. The molecule has 1 aliphatic rings. The van der Waals surface area contributed by atoms with Crippen LogP contribution >= 0.6 is 23.4 Å². The van der Waals surface area contributed by atoms with Crippen molar-refractivity contribution < 1.29 is 9.59 Å². The molecule has 0 spiro atoms. The van der Waals surface area contributed by atoms with Gasteiger partial charge in [-0.2, -0.15) is 0 Å². The molecule has 0 bridgehead atoms. The van der Waals surface area contributed by atoms with Crippen LogP contribution in [0.2, 0.25) is 5.15 Å². The molecule has 0 radical (unpaired) electrons. The molecule has 204 valence electrons. The predicted octanol–water partition coefficient (Wildman–Crippen LogP) is 3.87. The standard InChI is InChI=1S/C25H44ClN7O2S/c1-8-31(9-2)12-10-11-18(3)27-22(34)17-36-23-28-20(26)15-21(29-23)32-13-14-33(19(4)16-32)24(35)30-25(5,6)7/h15,18-19H,8-14,16-17H2,1-7H3,(H,27,34)(H,30,35). The summed E-state index contributed by atoms with van der Waals surface area (Å²) in [4.78, 5) is 40.4. The zero-order valence-corrected chi connectivity index (χ0v) is 24.5. The number of carbonyl (C=O) groups is 2. The number of anilines is 1. The van der Waals surface area contributed by atoms with E-state index in [0.717, 1.165) is 32.5 Å². The topological polar surface area (TPSA) is 93.7 Å². The van der Waals surface area contributed by atoms with Crippen LogP contribution in [-0.4, -0.2) is 94.4 Å². The van der Waals surface area contributed by atoms with E-state index >= 15 is 0 Å². The first-order valence-electron chi connectivity index (χ1n) is 12.9. The van der Waals surface area contributed by atoms with E-state index in [2.05, 4.69) is 44.2 Å². The van der Waals surface area contributed by atoms with E-state index in [1.165, 1.54) is 11.8 Å². The zero-order chi connectivity index (χ0) is 26.9. The van der Waals surface area contributed by atoms with Gasteiger partial charge in [-0.15, -0.1) is 0 Å². The number of carbonyl (C=O) groups excluding carboxylic acids is 2. The minimum Gasteiger partial charge on any atom is -0.353 e. The fourth-order valence-corrected chi connectivity index (χ4v) is 5.04. The molecule has 3 amide bonds. The van der Waals surface area contributed by atoms with Crippen LogP contribution < -0.4 is 15.5 Å². The van der Waals surface area contributed by atoms with Gasteiger partial charge in [-0.1, -0.05) is 37.2 Å². The van der Waals surface area contributed by atoms with Gasteiger partial charge in [0, 0.05) is 43.3 Å². The fraction of sp³-hybridized carbons (Fsp3) is 0.760. The number of nitrogens with zero attached hydrogens (tertiary/aromatic N) is 5. The normalized spacial score (nSPS) is 17.3. The molecule has 2 heterocycles. The largest absolute Gasteiger partial charge is 0.353 e. The first-order valence-corrected chi connectivity index (χ1v) is 14.3. The highest BCUT2D eigenvalue weighted by atomic mass is 35.5. The lowest BCUT2D eigenvalue weighted by Crippen LogP contribution is -2.59. The van der Waals surface area contributed by atoms with Crippen molar-refractivity contribution in [2.45, 2.75) is 84.1 Å². The Hall–Kier alpha value is -1.78. The van der Waals surface area contributed by atoms with Crippen molar-refractivity contribution in [1.82, 2.24) is 30.4 Å². The Morgan fingerprint density at radius 1 is 1.25 bits per heavy atom. The Morgan fingerprint density at radius 3 is 2.56 bits per heavy atom. The lowest BCUT2D eigenvalue weighted by Gasteiger charge is -2.41. The molecule has 0 saturated carbocycles. The fourth-order valence-electron chi connectivity index (χ4n) is 4.15. The van der Waals surface area contributed by atoms with Crippen molar-refractivity contribution in [2.75, 3.05) is 49.9 Å². The first-order chi connectivity index (χ1) is 16.9. The van der Waals surface area contributed by atoms with E-state index in [1.54, 1.807) is 6.07 Å². The molecule has 36 heavy (non-hydrogen) atoms. The zero-order valence-electron chi connectivity index (χ0n) is 22.9. The second-order valence-electron chi connectivity index (χ2n) is 10.4. The number of rotatable bonds is 11. The van der Waals surface area contributed by atoms with Crippen molar-refractivity contribution in [2.24, 2.45) is 0 Å². The van der Waals surface area contributed by atoms with Gasteiger partial charge in [0.1, 0.15) is 11.0 Å². The van der Waals surface area contributed by atoms with Crippen LogP contribution in [0.3, 0.4) is 0 Å². The van der Waals surface area contributed by atoms with E-state index in [0.29, 0.717) is 35.8 Å². The Bertz CT molecular complexity index is 863. The lowest BCUT2D eigenvalue weighted by atomic mass is 10.1. The van der Waals surface area contributed by atoms with Gasteiger partial charge in [-0.25, -0.2) is 14.8 Å². The molecule has 1 aromatic heterocycles. The third-order valence-electron chi connectivity index (χ3n) is 6.10. The van der Waals surface area contributed by atoms with Crippen LogP contribution in [-0.2, 0) is 4.79 Å². The molecule has 1 saturated heterocycles. The van der Waals surface area contributed by atoms with E-state index < -0.39 is 0 Å². The number of amides is 3. The predicted molar refractivity (Wildman–Crippen MR) is 149 cm³/mol. The van der Waals surface area contributed by atoms with Crippen molar-refractivity contribution >= 4 is 41.1 Å². The Balaban J connectivity index is 1.87. The summed E-state index contributed by atoms with van der Waals surface area (Å²) in [5.74, 6) is 0.912. The van der Waals surface area contributed by atoms with Crippen LogP contribution in [0.4, 0.5) is 10.6 Å². The highest BCUT2D eigenvalue weighted by Gasteiger charge is 2.30.